The minimum Gasteiger partial charge on any atom is -0.454 e. The molecule has 0 radical (unpaired) electrons. The maximum atomic E-state index is 13.4. The van der Waals surface area contributed by atoms with Gasteiger partial charge >= 0.3 is 0 Å². The van der Waals surface area contributed by atoms with Gasteiger partial charge in [-0.2, -0.15) is 9.78 Å². The van der Waals surface area contributed by atoms with E-state index in [-0.39, 0.29) is 29.6 Å². The molecule has 2 aromatic heterocycles. The number of rotatable bonds is 4. The summed E-state index contributed by atoms with van der Waals surface area (Å²) in [4.78, 5) is 29.0. The molecule has 0 amide bonds. The second-order valence-electron chi connectivity index (χ2n) is 7.48. The van der Waals surface area contributed by atoms with E-state index in [0.717, 1.165) is 10.1 Å². The van der Waals surface area contributed by atoms with Crippen molar-refractivity contribution >= 4 is 33.8 Å². The van der Waals surface area contributed by atoms with Gasteiger partial charge in [0.25, 0.3) is 11.2 Å². The monoisotopic (exact) mass is 454 g/mol. The highest BCUT2D eigenvalue weighted by Gasteiger charge is 2.23. The molecular formula is C24H14N4O6. The predicted octanol–water partition coefficient (Wildman–Crippen LogP) is 4.33. The van der Waals surface area contributed by atoms with Gasteiger partial charge in [-0.1, -0.05) is 30.3 Å². The highest BCUT2D eigenvalue weighted by Crippen LogP contribution is 2.37. The van der Waals surface area contributed by atoms with Crippen molar-refractivity contribution in [3.8, 4) is 23.1 Å². The van der Waals surface area contributed by atoms with Crippen LogP contribution in [0.25, 0.3) is 33.5 Å². The van der Waals surface area contributed by atoms with Gasteiger partial charge in [0.15, 0.2) is 17.3 Å². The normalized spacial score (nSPS) is 12.7. The van der Waals surface area contributed by atoms with Gasteiger partial charge in [0.05, 0.1) is 33.7 Å². The Morgan fingerprint density at radius 3 is 2.62 bits per heavy atom. The van der Waals surface area contributed by atoms with Crippen LogP contribution in [0.1, 0.15) is 5.56 Å². The number of nitro groups is 1. The highest BCUT2D eigenvalue weighted by atomic mass is 16.7. The number of nitrogens with zero attached hydrogens (tertiary/aromatic N) is 4. The molecule has 0 atom stereocenters. The third-order valence-corrected chi connectivity index (χ3v) is 5.43. The van der Waals surface area contributed by atoms with Crippen molar-refractivity contribution in [2.75, 3.05) is 6.79 Å². The van der Waals surface area contributed by atoms with Crippen LogP contribution < -0.4 is 15.0 Å². The van der Waals surface area contributed by atoms with Gasteiger partial charge in [-0.15, -0.1) is 0 Å². The number of para-hydroxylation sites is 2. The second kappa shape index (κ2) is 7.55. The van der Waals surface area contributed by atoms with Gasteiger partial charge in [0.2, 0.25) is 12.6 Å². The van der Waals surface area contributed by atoms with Crippen molar-refractivity contribution in [1.29, 1.82) is 0 Å². The predicted molar refractivity (Wildman–Crippen MR) is 123 cm³/mol. The van der Waals surface area contributed by atoms with E-state index in [2.05, 4.69) is 10.1 Å². The lowest BCUT2D eigenvalue weighted by Gasteiger charge is -2.07. The Kier molecular flexibility index (Phi) is 4.37. The Labute approximate surface area is 190 Å². The van der Waals surface area contributed by atoms with Gasteiger partial charge < -0.3 is 13.9 Å². The van der Waals surface area contributed by atoms with Gasteiger partial charge in [0.1, 0.15) is 5.58 Å². The molecule has 166 valence electrons. The van der Waals surface area contributed by atoms with Crippen molar-refractivity contribution in [1.82, 2.24) is 9.66 Å². The standard InChI is InChI=1S/C24H14N4O6/c29-24-16-6-2-3-7-17(16)26-23(22-9-14-5-1-4-8-19(14)34-22)27(24)25-12-15-10-20-21(33-13-32-20)11-18(15)28(30)31/h1-12H,13H2. The summed E-state index contributed by atoms with van der Waals surface area (Å²) in [6, 6.07) is 18.8. The maximum Gasteiger partial charge on any atom is 0.282 e. The van der Waals surface area contributed by atoms with Crippen LogP contribution in [0.3, 0.4) is 0 Å². The molecule has 3 aromatic carbocycles. The number of furan rings is 1. The van der Waals surface area contributed by atoms with Crippen LogP contribution >= 0.6 is 0 Å². The summed E-state index contributed by atoms with van der Waals surface area (Å²) < 4.78 is 17.6. The van der Waals surface area contributed by atoms with Crippen LogP contribution in [0, 0.1) is 10.1 Å². The zero-order chi connectivity index (χ0) is 23.2. The third kappa shape index (κ3) is 3.16. The molecule has 0 saturated carbocycles. The zero-order valence-corrected chi connectivity index (χ0v) is 17.4. The number of fused-ring (bicyclic) bond motifs is 3. The molecule has 1 aliphatic rings. The summed E-state index contributed by atoms with van der Waals surface area (Å²) in [6.45, 7) is -0.0304. The molecule has 0 fully saturated rings. The third-order valence-electron chi connectivity index (χ3n) is 5.43. The first-order valence-electron chi connectivity index (χ1n) is 10.2. The van der Waals surface area contributed by atoms with Gasteiger partial charge in [-0.25, -0.2) is 4.98 Å². The molecule has 0 unspecified atom stereocenters. The first kappa shape index (κ1) is 19.7. The number of hydrogen-bond acceptors (Lipinski definition) is 8. The molecule has 5 aromatic rings. The topological polar surface area (TPSA) is 122 Å². The van der Waals surface area contributed by atoms with Crippen molar-refractivity contribution in [2.24, 2.45) is 5.10 Å². The molecule has 0 N–H and O–H groups in total. The van der Waals surface area contributed by atoms with E-state index < -0.39 is 10.5 Å². The minimum atomic E-state index is -0.551. The number of hydrogen-bond donors (Lipinski definition) is 0. The fourth-order valence-corrected chi connectivity index (χ4v) is 3.81. The summed E-state index contributed by atoms with van der Waals surface area (Å²) in [5.41, 5.74) is 0.566. The molecule has 1 aliphatic heterocycles. The van der Waals surface area contributed by atoms with Crippen molar-refractivity contribution in [3.63, 3.8) is 0 Å². The van der Waals surface area contributed by atoms with Crippen LogP contribution in [0.2, 0.25) is 0 Å². The Hall–Kier alpha value is -4.99. The van der Waals surface area contributed by atoms with Gasteiger partial charge in [0, 0.05) is 5.39 Å². The highest BCUT2D eigenvalue weighted by molar-refractivity contribution is 5.88. The summed E-state index contributed by atoms with van der Waals surface area (Å²) in [7, 11) is 0. The molecule has 10 nitrogen and oxygen atoms in total. The molecule has 0 saturated heterocycles. The first-order chi connectivity index (χ1) is 16.6. The smallest absolute Gasteiger partial charge is 0.282 e. The summed E-state index contributed by atoms with van der Waals surface area (Å²) in [6.07, 6.45) is 1.23. The number of aromatic nitrogens is 2. The van der Waals surface area contributed by atoms with E-state index in [0.29, 0.717) is 28.0 Å². The molecule has 0 aliphatic carbocycles. The number of nitro benzene ring substituents is 1. The van der Waals surface area contributed by atoms with E-state index in [1.165, 1.54) is 18.3 Å². The lowest BCUT2D eigenvalue weighted by molar-refractivity contribution is -0.385. The Morgan fingerprint density at radius 2 is 1.79 bits per heavy atom. The number of ether oxygens (including phenoxy) is 2. The van der Waals surface area contributed by atoms with Crippen LogP contribution in [0.15, 0.2) is 81.0 Å². The fourth-order valence-electron chi connectivity index (χ4n) is 3.81. The van der Waals surface area contributed by atoms with E-state index in [1.54, 1.807) is 30.3 Å². The Balaban J connectivity index is 1.56. The van der Waals surface area contributed by atoms with Crippen LogP contribution in [-0.2, 0) is 0 Å². The van der Waals surface area contributed by atoms with E-state index in [1.807, 2.05) is 24.3 Å². The molecule has 34 heavy (non-hydrogen) atoms. The lowest BCUT2D eigenvalue weighted by Crippen LogP contribution is -2.20. The average molecular weight is 454 g/mol. The quantitative estimate of drug-likeness (QED) is 0.225. The largest absolute Gasteiger partial charge is 0.454 e. The van der Waals surface area contributed by atoms with Crippen molar-refractivity contribution < 1.29 is 18.8 Å². The molecule has 0 bridgehead atoms. The van der Waals surface area contributed by atoms with E-state index >= 15 is 0 Å². The molecule has 6 rings (SSSR count). The van der Waals surface area contributed by atoms with E-state index in [9.17, 15) is 14.9 Å². The molecule has 3 heterocycles. The molecular weight excluding hydrogens is 440 g/mol. The fraction of sp³-hybridized carbons (Fsp3) is 0.0417. The summed E-state index contributed by atoms with van der Waals surface area (Å²) in [5, 5.41) is 17.1. The van der Waals surface area contributed by atoms with Gasteiger partial charge in [-0.05, 0) is 30.3 Å². The molecule has 10 heteroatoms. The van der Waals surface area contributed by atoms with Crippen LogP contribution in [0.4, 0.5) is 5.69 Å². The lowest BCUT2D eigenvalue weighted by atomic mass is 10.1. The Bertz CT molecular complexity index is 1670. The summed E-state index contributed by atoms with van der Waals surface area (Å²) >= 11 is 0. The van der Waals surface area contributed by atoms with Crippen molar-refractivity contribution in [3.05, 3.63) is 92.8 Å². The van der Waals surface area contributed by atoms with Crippen LogP contribution in [0.5, 0.6) is 11.5 Å². The first-order valence-corrected chi connectivity index (χ1v) is 10.2. The number of benzene rings is 3. The second-order valence-corrected chi connectivity index (χ2v) is 7.48. The van der Waals surface area contributed by atoms with Crippen LogP contribution in [-0.4, -0.2) is 27.6 Å². The maximum absolute atomic E-state index is 13.4. The average Bonchev–Trinajstić information content (AvgIpc) is 3.49. The summed E-state index contributed by atoms with van der Waals surface area (Å²) in [5.74, 6) is 1.13. The molecule has 0 spiro atoms. The van der Waals surface area contributed by atoms with Crippen molar-refractivity contribution in [2.45, 2.75) is 0 Å². The SMILES string of the molecule is O=c1c2ccccc2nc(-c2cc3ccccc3o2)n1N=Cc1cc2c(cc1[N+](=O)[O-])OCO2. The minimum absolute atomic E-state index is 0.0304. The Morgan fingerprint density at radius 1 is 1.03 bits per heavy atom. The van der Waals surface area contributed by atoms with E-state index in [4.69, 9.17) is 13.9 Å². The zero-order valence-electron chi connectivity index (χ0n) is 17.4. The van der Waals surface area contributed by atoms with Gasteiger partial charge in [-0.3, -0.25) is 14.9 Å².